The number of allylic oxidation sites excluding steroid dienone is 3. The van der Waals surface area contributed by atoms with Gasteiger partial charge in [0.05, 0.1) is 12.7 Å². The van der Waals surface area contributed by atoms with Gasteiger partial charge in [-0.25, -0.2) is 4.79 Å². The van der Waals surface area contributed by atoms with Crippen LogP contribution in [0.2, 0.25) is 0 Å². The number of hydrogen-bond acceptors (Lipinski definition) is 4. The van der Waals surface area contributed by atoms with Crippen molar-refractivity contribution in [1.82, 2.24) is 0 Å². The first kappa shape index (κ1) is 29.4. The SMILES string of the molecule is CCCCC(CC)CCC.COC(=O)c1ccc2c(c1)CCN2/C=C(/C(C(C)=O)=C1CC1)c1ccccc1. The Morgan fingerprint density at radius 1 is 0.947 bits per heavy atom. The average Bonchev–Trinajstić information content (AvgIpc) is 3.70. The number of rotatable bonds is 11. The quantitative estimate of drug-likeness (QED) is 0.222. The Balaban J connectivity index is 0.000000342. The first-order valence-corrected chi connectivity index (χ1v) is 14.4. The van der Waals surface area contributed by atoms with Gasteiger partial charge >= 0.3 is 5.97 Å². The summed E-state index contributed by atoms with van der Waals surface area (Å²) in [5.41, 5.74) is 6.88. The summed E-state index contributed by atoms with van der Waals surface area (Å²) >= 11 is 0. The zero-order chi connectivity index (χ0) is 27.5. The van der Waals surface area contributed by atoms with Crippen LogP contribution in [0.25, 0.3) is 5.57 Å². The van der Waals surface area contributed by atoms with Crippen molar-refractivity contribution in [2.75, 3.05) is 18.6 Å². The van der Waals surface area contributed by atoms with E-state index in [0.717, 1.165) is 59.7 Å². The summed E-state index contributed by atoms with van der Waals surface area (Å²) in [5, 5.41) is 0. The van der Waals surface area contributed by atoms with Gasteiger partial charge in [0.25, 0.3) is 0 Å². The molecule has 1 unspecified atom stereocenters. The minimum Gasteiger partial charge on any atom is -0.465 e. The molecule has 1 fully saturated rings. The van der Waals surface area contributed by atoms with Crippen LogP contribution in [0.4, 0.5) is 5.69 Å². The molecule has 0 aromatic heterocycles. The topological polar surface area (TPSA) is 46.6 Å². The lowest BCUT2D eigenvalue weighted by atomic mass is 9.95. The van der Waals surface area contributed by atoms with Gasteiger partial charge in [-0.05, 0) is 61.4 Å². The zero-order valence-electron chi connectivity index (χ0n) is 24.0. The second-order valence-electron chi connectivity index (χ2n) is 10.4. The maximum absolute atomic E-state index is 12.4. The number of hydrogen-bond donors (Lipinski definition) is 0. The van der Waals surface area contributed by atoms with E-state index in [1.54, 1.807) is 13.0 Å². The van der Waals surface area contributed by atoms with E-state index in [1.807, 2.05) is 30.3 Å². The first-order chi connectivity index (χ1) is 18.4. The molecule has 1 aliphatic heterocycles. The van der Waals surface area contributed by atoms with Crippen LogP contribution < -0.4 is 4.90 Å². The summed E-state index contributed by atoms with van der Waals surface area (Å²) in [6, 6.07) is 15.7. The van der Waals surface area contributed by atoms with Crippen molar-refractivity contribution in [2.24, 2.45) is 5.92 Å². The van der Waals surface area contributed by atoms with Crippen molar-refractivity contribution in [3.05, 3.63) is 82.6 Å². The Bertz CT molecular complexity index is 1140. The van der Waals surface area contributed by atoms with Crippen LogP contribution in [-0.4, -0.2) is 25.4 Å². The molecule has 4 rings (SSSR count). The van der Waals surface area contributed by atoms with Crippen molar-refractivity contribution in [1.29, 1.82) is 0 Å². The Morgan fingerprint density at radius 3 is 2.26 bits per heavy atom. The molecular formula is C34H45NO3. The predicted octanol–water partition coefficient (Wildman–Crippen LogP) is 8.56. The molecule has 4 heteroatoms. The van der Waals surface area contributed by atoms with Crippen molar-refractivity contribution >= 4 is 23.0 Å². The van der Waals surface area contributed by atoms with E-state index in [-0.39, 0.29) is 11.8 Å². The number of nitrogens with zero attached hydrogens (tertiary/aromatic N) is 1. The van der Waals surface area contributed by atoms with E-state index in [2.05, 4.69) is 44.0 Å². The highest BCUT2D eigenvalue weighted by Crippen LogP contribution is 2.40. The Hall–Kier alpha value is -3.14. The Kier molecular flexibility index (Phi) is 11.4. The van der Waals surface area contributed by atoms with Crippen molar-refractivity contribution in [3.63, 3.8) is 0 Å². The van der Waals surface area contributed by atoms with Crippen LogP contribution in [0, 0.1) is 5.92 Å². The van der Waals surface area contributed by atoms with Crippen molar-refractivity contribution < 1.29 is 14.3 Å². The van der Waals surface area contributed by atoms with E-state index in [4.69, 9.17) is 4.74 Å². The van der Waals surface area contributed by atoms with Crippen LogP contribution in [-0.2, 0) is 16.0 Å². The number of methoxy groups -OCH3 is 1. The van der Waals surface area contributed by atoms with Crippen LogP contribution >= 0.6 is 0 Å². The summed E-state index contributed by atoms with van der Waals surface area (Å²) in [4.78, 5) is 26.4. The molecule has 204 valence electrons. The van der Waals surface area contributed by atoms with Gasteiger partial charge < -0.3 is 9.64 Å². The molecule has 0 radical (unpaired) electrons. The number of benzene rings is 2. The zero-order valence-corrected chi connectivity index (χ0v) is 24.0. The normalized spacial score (nSPS) is 14.8. The van der Waals surface area contributed by atoms with Gasteiger partial charge in [-0.2, -0.15) is 0 Å². The molecule has 0 saturated heterocycles. The van der Waals surface area contributed by atoms with Crippen LogP contribution in [0.3, 0.4) is 0 Å². The minimum atomic E-state index is -0.320. The monoisotopic (exact) mass is 515 g/mol. The van der Waals surface area contributed by atoms with Gasteiger partial charge in [-0.3, -0.25) is 4.79 Å². The number of Topliss-reactive ketones (excluding diaryl/α,β-unsaturated/α-hetero) is 1. The van der Waals surface area contributed by atoms with Crippen LogP contribution in [0.1, 0.15) is 101 Å². The minimum absolute atomic E-state index is 0.114. The predicted molar refractivity (Wildman–Crippen MR) is 158 cm³/mol. The lowest BCUT2D eigenvalue weighted by Gasteiger charge is -2.19. The average molecular weight is 516 g/mol. The number of ketones is 1. The van der Waals surface area contributed by atoms with Gasteiger partial charge in [0, 0.05) is 29.6 Å². The van der Waals surface area contributed by atoms with Gasteiger partial charge in [0.1, 0.15) is 0 Å². The molecule has 0 amide bonds. The molecule has 0 bridgehead atoms. The smallest absolute Gasteiger partial charge is 0.337 e. The molecule has 0 spiro atoms. The third-order valence-electron chi connectivity index (χ3n) is 7.52. The molecule has 4 nitrogen and oxygen atoms in total. The molecule has 1 heterocycles. The second kappa shape index (κ2) is 14.7. The summed E-state index contributed by atoms with van der Waals surface area (Å²) in [5.74, 6) is 0.812. The molecule has 1 atom stereocenters. The number of ether oxygens (including phenoxy) is 1. The highest BCUT2D eigenvalue weighted by Gasteiger charge is 2.26. The van der Waals surface area contributed by atoms with Crippen molar-refractivity contribution in [2.45, 2.75) is 85.5 Å². The van der Waals surface area contributed by atoms with E-state index >= 15 is 0 Å². The fourth-order valence-electron chi connectivity index (χ4n) is 5.26. The summed E-state index contributed by atoms with van der Waals surface area (Å²) in [6.45, 7) is 9.35. The summed E-state index contributed by atoms with van der Waals surface area (Å²) < 4.78 is 4.83. The van der Waals surface area contributed by atoms with Crippen LogP contribution in [0.5, 0.6) is 0 Å². The number of unbranched alkanes of at least 4 members (excludes halogenated alkanes) is 1. The largest absolute Gasteiger partial charge is 0.465 e. The molecule has 2 aromatic rings. The Labute approximate surface area is 229 Å². The lowest BCUT2D eigenvalue weighted by molar-refractivity contribution is -0.113. The first-order valence-electron chi connectivity index (χ1n) is 14.4. The van der Waals surface area contributed by atoms with Crippen molar-refractivity contribution in [3.8, 4) is 0 Å². The third kappa shape index (κ3) is 7.93. The van der Waals surface area contributed by atoms with Gasteiger partial charge in [-0.1, -0.05) is 95.2 Å². The number of anilines is 1. The van der Waals surface area contributed by atoms with Gasteiger partial charge in [0.15, 0.2) is 5.78 Å². The Morgan fingerprint density at radius 2 is 1.68 bits per heavy atom. The number of fused-ring (bicyclic) bond motifs is 1. The van der Waals surface area contributed by atoms with Crippen LogP contribution in [0.15, 0.2) is 65.9 Å². The van der Waals surface area contributed by atoms with E-state index in [9.17, 15) is 9.59 Å². The number of esters is 1. The lowest BCUT2D eigenvalue weighted by Crippen LogP contribution is -2.14. The van der Waals surface area contributed by atoms with E-state index < -0.39 is 0 Å². The summed E-state index contributed by atoms with van der Waals surface area (Å²) in [7, 11) is 1.39. The molecular weight excluding hydrogens is 470 g/mol. The fraction of sp³-hybridized carbons (Fsp3) is 0.471. The molecule has 2 aromatic carbocycles. The molecule has 38 heavy (non-hydrogen) atoms. The summed E-state index contributed by atoms with van der Waals surface area (Å²) in [6.07, 6.45) is 13.4. The number of carbonyl (C=O) groups excluding carboxylic acids is 2. The van der Waals surface area contributed by atoms with E-state index in [1.165, 1.54) is 51.2 Å². The second-order valence-corrected chi connectivity index (χ2v) is 10.4. The number of carbonyl (C=O) groups is 2. The highest BCUT2D eigenvalue weighted by molar-refractivity contribution is 6.10. The molecule has 0 N–H and O–H groups in total. The fourth-order valence-corrected chi connectivity index (χ4v) is 5.26. The van der Waals surface area contributed by atoms with E-state index in [0.29, 0.717) is 5.56 Å². The van der Waals surface area contributed by atoms with Gasteiger partial charge in [0.2, 0.25) is 0 Å². The van der Waals surface area contributed by atoms with Gasteiger partial charge in [-0.15, -0.1) is 0 Å². The molecule has 1 aliphatic carbocycles. The molecule has 2 aliphatic rings. The molecule has 1 saturated carbocycles. The highest BCUT2D eigenvalue weighted by atomic mass is 16.5. The standard InChI is InChI=1S/C24H23NO3.C10H22/c1-16(26)23(18-8-9-18)21(17-6-4-3-5-7-17)15-25-13-12-19-14-20(24(27)28-2)10-11-22(19)25;1-4-7-9-10(6-3)8-5-2/h3-7,10-11,14-15H,8-9,12-13H2,1-2H3;10H,4-9H2,1-3H3/b21-15+;. The maximum atomic E-state index is 12.4. The maximum Gasteiger partial charge on any atom is 0.337 e. The third-order valence-corrected chi connectivity index (χ3v) is 7.52.